The quantitative estimate of drug-likeness (QED) is 0.109. The van der Waals surface area contributed by atoms with E-state index in [4.69, 9.17) is 14.5 Å². The van der Waals surface area contributed by atoms with Gasteiger partial charge in [0.1, 0.15) is 29.9 Å². The molecule has 16 nitrogen and oxygen atoms in total. The SMILES string of the molecule is CCn1c(-c2cccnc2[C@H](C)OC)c2c3cc(ccc31)-c1cc(O)cc(c1)C[C@H](NC(=O)[C@H](C(C)C)N(C)C(=O)[C@H]1CCN(C(=O)[C@@H]3N[C@@H]3C3CC3)C1)C(=O)N1CCC[C@H](N1)C(=O)OCC(C)(C)C2. The lowest BCUT2D eigenvalue weighted by molar-refractivity contribution is -0.155. The van der Waals surface area contributed by atoms with Crippen LogP contribution in [0.25, 0.3) is 33.3 Å². The number of aromatic hydroxyl groups is 1. The highest BCUT2D eigenvalue weighted by Crippen LogP contribution is 2.43. The molecule has 374 valence electrons. The second-order valence-corrected chi connectivity index (χ2v) is 21.4. The first-order valence-electron chi connectivity index (χ1n) is 25.3. The van der Waals surface area contributed by atoms with E-state index in [-0.39, 0.29) is 61.2 Å². The summed E-state index contributed by atoms with van der Waals surface area (Å²) in [6.45, 7) is 13.8. The summed E-state index contributed by atoms with van der Waals surface area (Å²) in [5.74, 6) is -1.86. The summed E-state index contributed by atoms with van der Waals surface area (Å²) < 4.78 is 14.2. The van der Waals surface area contributed by atoms with Crippen molar-refractivity contribution in [2.24, 2.45) is 23.2 Å². The number of hydrogen-bond donors (Lipinski definition) is 4. The number of nitrogens with zero attached hydrogens (tertiary/aromatic N) is 5. The van der Waals surface area contributed by atoms with Crippen molar-refractivity contribution in [1.82, 2.24) is 40.4 Å². The molecule has 3 saturated heterocycles. The maximum atomic E-state index is 14.8. The van der Waals surface area contributed by atoms with Crippen LogP contribution < -0.4 is 16.1 Å². The number of aryl methyl sites for hydroxylation is 1. The number of likely N-dealkylation sites (N-methyl/N-ethyl adjacent to an activating group) is 1. The van der Waals surface area contributed by atoms with Crippen LogP contribution in [0, 0.1) is 23.2 Å². The number of likely N-dealkylation sites (tertiary alicyclic amines) is 1. The number of phenols is 1. The molecular weight excluding hydrogens is 889 g/mol. The number of amides is 4. The van der Waals surface area contributed by atoms with Crippen LogP contribution in [0.3, 0.4) is 0 Å². The number of rotatable bonds is 11. The van der Waals surface area contributed by atoms with Crippen molar-refractivity contribution in [3.05, 3.63) is 71.5 Å². The summed E-state index contributed by atoms with van der Waals surface area (Å²) in [5.41, 5.74) is 9.60. The Kier molecular flexibility index (Phi) is 13.9. The highest BCUT2D eigenvalue weighted by molar-refractivity contribution is 5.96. The van der Waals surface area contributed by atoms with Crippen LogP contribution in [0.2, 0.25) is 0 Å². The topological polar surface area (TPSA) is 198 Å². The molecule has 4 fully saturated rings. The summed E-state index contributed by atoms with van der Waals surface area (Å²) in [5, 5.41) is 20.2. The summed E-state index contributed by atoms with van der Waals surface area (Å²) in [4.78, 5) is 79.0. The average Bonchev–Trinajstić information content (AvgIpc) is 4.27. The second kappa shape index (κ2) is 19.7. The number of aromatic nitrogens is 2. The van der Waals surface area contributed by atoms with E-state index in [1.807, 2.05) is 39.0 Å². The molecule has 4 amide bonds. The minimum absolute atomic E-state index is 0.00198. The molecule has 4 N–H and O–H groups in total. The van der Waals surface area contributed by atoms with Gasteiger partial charge in [0.2, 0.25) is 17.7 Å². The van der Waals surface area contributed by atoms with Gasteiger partial charge in [-0.3, -0.25) is 39.3 Å². The number of cyclic esters (lactones) is 1. The zero-order chi connectivity index (χ0) is 49.8. The first-order chi connectivity index (χ1) is 33.5. The Morgan fingerprint density at radius 1 is 1.03 bits per heavy atom. The van der Waals surface area contributed by atoms with Crippen molar-refractivity contribution < 1.29 is 38.6 Å². The van der Waals surface area contributed by atoms with E-state index in [9.17, 15) is 29.1 Å². The predicted octanol–water partition coefficient (Wildman–Crippen LogP) is 5.53. The van der Waals surface area contributed by atoms with Gasteiger partial charge in [0.15, 0.2) is 0 Å². The van der Waals surface area contributed by atoms with Gasteiger partial charge in [-0.05, 0) is 123 Å². The van der Waals surface area contributed by atoms with Crippen molar-refractivity contribution >= 4 is 40.5 Å². The Balaban J connectivity index is 1.06. The van der Waals surface area contributed by atoms with Gasteiger partial charge < -0.3 is 34.3 Å². The number of phenolic OH excluding ortho intramolecular Hbond substituents is 1. The van der Waals surface area contributed by atoms with Crippen LogP contribution in [-0.2, 0) is 52.8 Å². The molecule has 4 aliphatic heterocycles. The summed E-state index contributed by atoms with van der Waals surface area (Å²) in [6.07, 6.45) is 5.79. The lowest BCUT2D eigenvalue weighted by Gasteiger charge is -2.37. The summed E-state index contributed by atoms with van der Waals surface area (Å²) in [6, 6.07) is 12.7. The standard InChI is InChI=1S/C54H70N8O8/c1-9-61-43-17-16-34-26-39(43)40(48(61)38-12-10-19-55-44(38)31(4)69-8)27-54(5,6)29-70-53(68)41-13-11-20-62(58-41)51(66)42(24-32-22-36(34)25-37(63)23-32)56-49(64)47(30(2)3)59(7)50(65)35-18-21-60(28-35)52(67)46-45(57-46)33-14-15-33/h10,12,16-17,19,22-23,25-26,30-31,33,35,41-42,45-47,57-58,63H,9,11,13-15,18,20-21,24,27-29H2,1-8H3,(H,56,64)/t31-,35-,41-,42-,45+,46+,47-/m0/s1. The fourth-order valence-corrected chi connectivity index (χ4v) is 11.3. The van der Waals surface area contributed by atoms with E-state index in [0.29, 0.717) is 56.8 Å². The second-order valence-electron chi connectivity index (χ2n) is 21.4. The molecule has 6 bridgehead atoms. The zero-order valence-corrected chi connectivity index (χ0v) is 41.9. The molecule has 4 aromatic rings. The van der Waals surface area contributed by atoms with Crippen molar-refractivity contribution in [1.29, 1.82) is 0 Å². The highest BCUT2D eigenvalue weighted by atomic mass is 16.5. The molecular formula is C54H70N8O8. The molecule has 0 unspecified atom stereocenters. The van der Waals surface area contributed by atoms with E-state index >= 15 is 0 Å². The van der Waals surface area contributed by atoms with E-state index < -0.39 is 47.2 Å². The number of methoxy groups -OCH3 is 1. The fourth-order valence-electron chi connectivity index (χ4n) is 11.3. The Morgan fingerprint density at radius 3 is 2.54 bits per heavy atom. The maximum absolute atomic E-state index is 14.8. The number of pyridine rings is 1. The Bertz CT molecular complexity index is 2680. The molecule has 1 aliphatic carbocycles. The average molecular weight is 959 g/mol. The van der Waals surface area contributed by atoms with Gasteiger partial charge in [-0.15, -0.1) is 0 Å². The molecule has 5 aliphatic rings. The molecule has 70 heavy (non-hydrogen) atoms. The number of hydrazine groups is 1. The number of nitrogens with one attached hydrogen (secondary N) is 3. The number of carbonyl (C=O) groups is 5. The number of esters is 1. The summed E-state index contributed by atoms with van der Waals surface area (Å²) in [7, 11) is 3.30. The van der Waals surface area contributed by atoms with E-state index in [1.165, 1.54) is 9.91 Å². The molecule has 0 spiro atoms. The predicted molar refractivity (Wildman–Crippen MR) is 265 cm³/mol. The lowest BCUT2D eigenvalue weighted by atomic mass is 9.84. The third kappa shape index (κ3) is 9.91. The van der Waals surface area contributed by atoms with Crippen LogP contribution in [0.1, 0.15) is 96.6 Å². The lowest BCUT2D eigenvalue weighted by Crippen LogP contribution is -2.62. The Hall–Kier alpha value is -5.84. The molecule has 6 heterocycles. The zero-order valence-electron chi connectivity index (χ0n) is 41.9. The normalized spacial score (nSPS) is 24.5. The Labute approximate surface area is 410 Å². The third-order valence-electron chi connectivity index (χ3n) is 15.2. The molecule has 1 saturated carbocycles. The van der Waals surface area contributed by atoms with Gasteiger partial charge >= 0.3 is 5.97 Å². The van der Waals surface area contributed by atoms with Crippen LogP contribution >= 0.6 is 0 Å². The maximum Gasteiger partial charge on any atom is 0.324 e. The first kappa shape index (κ1) is 49.2. The van der Waals surface area contributed by atoms with Gasteiger partial charge in [0.25, 0.3) is 5.91 Å². The number of carbonyl (C=O) groups excluding carboxylic acids is 5. The number of ether oxygens (including phenoxy) is 2. The fraction of sp³-hybridized carbons (Fsp3) is 0.556. The summed E-state index contributed by atoms with van der Waals surface area (Å²) >= 11 is 0. The van der Waals surface area contributed by atoms with Gasteiger partial charge in [0, 0.05) is 80.9 Å². The van der Waals surface area contributed by atoms with Crippen molar-refractivity contribution in [2.45, 2.75) is 129 Å². The van der Waals surface area contributed by atoms with Crippen LogP contribution in [0.4, 0.5) is 0 Å². The minimum atomic E-state index is -1.16. The van der Waals surface area contributed by atoms with Crippen LogP contribution in [0.15, 0.2) is 54.7 Å². The highest BCUT2D eigenvalue weighted by Gasteiger charge is 2.53. The number of fused-ring (bicyclic) bond motifs is 6. The molecule has 7 atom stereocenters. The number of benzene rings is 2. The first-order valence-corrected chi connectivity index (χ1v) is 25.3. The monoisotopic (exact) mass is 959 g/mol. The Morgan fingerprint density at radius 2 is 1.81 bits per heavy atom. The largest absolute Gasteiger partial charge is 0.508 e. The van der Waals surface area contributed by atoms with Crippen molar-refractivity contribution in [3.8, 4) is 28.1 Å². The van der Waals surface area contributed by atoms with Gasteiger partial charge in [-0.2, -0.15) is 0 Å². The third-order valence-corrected chi connectivity index (χ3v) is 15.2. The molecule has 16 heteroatoms. The van der Waals surface area contributed by atoms with Crippen molar-refractivity contribution in [2.75, 3.05) is 40.4 Å². The van der Waals surface area contributed by atoms with E-state index in [1.54, 1.807) is 37.4 Å². The van der Waals surface area contributed by atoms with Crippen molar-refractivity contribution in [3.63, 3.8) is 0 Å². The molecule has 2 aromatic heterocycles. The van der Waals surface area contributed by atoms with E-state index in [2.05, 4.69) is 59.6 Å². The van der Waals surface area contributed by atoms with Crippen LogP contribution in [0.5, 0.6) is 5.75 Å². The van der Waals surface area contributed by atoms with Gasteiger partial charge in [0.05, 0.1) is 30.0 Å². The smallest absolute Gasteiger partial charge is 0.324 e. The molecule has 9 rings (SSSR count). The number of hydrogen-bond acceptors (Lipinski definition) is 11. The minimum Gasteiger partial charge on any atom is -0.508 e. The van der Waals surface area contributed by atoms with Crippen LogP contribution in [-0.4, -0.2) is 130 Å². The molecule has 2 aromatic carbocycles. The molecule has 0 radical (unpaired) electrons. The van der Waals surface area contributed by atoms with E-state index in [0.717, 1.165) is 57.4 Å². The van der Waals surface area contributed by atoms with Gasteiger partial charge in [-0.1, -0.05) is 39.8 Å². The van der Waals surface area contributed by atoms with Gasteiger partial charge in [-0.25, -0.2) is 5.43 Å².